The predicted molar refractivity (Wildman–Crippen MR) is 90.4 cm³/mol. The molecular weight excluding hydrogens is 349 g/mol. The van der Waals surface area contributed by atoms with Crippen molar-refractivity contribution in [1.29, 1.82) is 0 Å². The van der Waals surface area contributed by atoms with Crippen LogP contribution in [0, 0.1) is 11.2 Å². The van der Waals surface area contributed by atoms with Gasteiger partial charge in [0.1, 0.15) is 5.82 Å². The summed E-state index contributed by atoms with van der Waals surface area (Å²) in [6.07, 6.45) is 0.611. The smallest absolute Gasteiger partial charge is 0.309 e. The van der Waals surface area contributed by atoms with Gasteiger partial charge in [0.25, 0.3) is 0 Å². The average molecular weight is 373 g/mol. The van der Waals surface area contributed by atoms with Crippen LogP contribution in [0.25, 0.3) is 0 Å². The predicted octanol–water partition coefficient (Wildman–Crippen LogP) is 2.15. The number of hydrogen-bond donors (Lipinski definition) is 1. The molecule has 0 amide bonds. The van der Waals surface area contributed by atoms with E-state index in [9.17, 15) is 22.7 Å². The Bertz CT molecular complexity index is 696. The third-order valence-corrected chi connectivity index (χ3v) is 7.00. The molecule has 1 aromatic carbocycles. The Morgan fingerprint density at radius 3 is 2.32 bits per heavy atom. The first-order valence-electron chi connectivity index (χ1n) is 8.23. The molecule has 1 atom stereocenters. The largest absolute Gasteiger partial charge is 0.481 e. The van der Waals surface area contributed by atoms with Crippen molar-refractivity contribution in [3.63, 3.8) is 0 Å². The topological polar surface area (TPSA) is 83.9 Å². The van der Waals surface area contributed by atoms with Gasteiger partial charge in [0.15, 0.2) is 5.44 Å². The SMILES string of the molecule is CCN1CCC(CC(OC)S(=O)(=O)c2ccc(F)cc2)(C(=O)O)CC1. The third kappa shape index (κ3) is 4.19. The minimum absolute atomic E-state index is 0.0766. The van der Waals surface area contributed by atoms with Crippen LogP contribution < -0.4 is 0 Å². The van der Waals surface area contributed by atoms with Gasteiger partial charge in [-0.15, -0.1) is 0 Å². The maximum atomic E-state index is 13.1. The Hall–Kier alpha value is -1.51. The summed E-state index contributed by atoms with van der Waals surface area (Å²) in [7, 11) is -2.67. The zero-order chi connectivity index (χ0) is 18.7. The number of nitrogens with zero attached hydrogens (tertiary/aromatic N) is 1. The van der Waals surface area contributed by atoms with Crippen molar-refractivity contribution < 1.29 is 27.4 Å². The lowest BCUT2D eigenvalue weighted by Gasteiger charge is -2.39. The normalized spacial score (nSPS) is 19.5. The van der Waals surface area contributed by atoms with Gasteiger partial charge in [0.05, 0.1) is 10.3 Å². The van der Waals surface area contributed by atoms with E-state index >= 15 is 0 Å². The van der Waals surface area contributed by atoms with Crippen LogP contribution in [-0.2, 0) is 19.4 Å². The lowest BCUT2D eigenvalue weighted by Crippen LogP contribution is -2.47. The van der Waals surface area contributed by atoms with E-state index in [1.165, 1.54) is 19.2 Å². The number of sulfone groups is 1. The molecule has 1 aliphatic rings. The third-order valence-electron chi connectivity index (χ3n) is 5.02. The molecule has 0 radical (unpaired) electrons. The summed E-state index contributed by atoms with van der Waals surface area (Å²) < 4.78 is 43.8. The molecule has 0 saturated carbocycles. The first kappa shape index (κ1) is 19.8. The van der Waals surface area contributed by atoms with Gasteiger partial charge in [-0.1, -0.05) is 6.92 Å². The molecule has 0 aromatic heterocycles. The molecule has 8 heteroatoms. The van der Waals surface area contributed by atoms with E-state index in [1.54, 1.807) is 0 Å². The fourth-order valence-electron chi connectivity index (χ4n) is 3.22. The second-order valence-corrected chi connectivity index (χ2v) is 8.48. The second kappa shape index (κ2) is 7.80. The van der Waals surface area contributed by atoms with Crippen LogP contribution in [0.15, 0.2) is 29.2 Å². The number of carboxylic acid groups (broad SMARTS) is 1. The van der Waals surface area contributed by atoms with Crippen molar-refractivity contribution in [3.05, 3.63) is 30.1 Å². The van der Waals surface area contributed by atoms with Gasteiger partial charge in [-0.25, -0.2) is 12.8 Å². The van der Waals surface area contributed by atoms with Crippen LogP contribution in [0.5, 0.6) is 0 Å². The minimum Gasteiger partial charge on any atom is -0.481 e. The Balaban J connectivity index is 2.27. The van der Waals surface area contributed by atoms with Gasteiger partial charge in [-0.05, 0) is 56.7 Å². The van der Waals surface area contributed by atoms with E-state index in [-0.39, 0.29) is 11.3 Å². The highest BCUT2D eigenvalue weighted by Crippen LogP contribution is 2.39. The lowest BCUT2D eigenvalue weighted by atomic mass is 9.76. The molecule has 1 unspecified atom stereocenters. The zero-order valence-corrected chi connectivity index (χ0v) is 15.3. The van der Waals surface area contributed by atoms with Crippen molar-refractivity contribution in [1.82, 2.24) is 4.90 Å². The van der Waals surface area contributed by atoms with E-state index in [2.05, 4.69) is 4.90 Å². The van der Waals surface area contributed by atoms with Gasteiger partial charge < -0.3 is 14.7 Å². The highest BCUT2D eigenvalue weighted by Gasteiger charge is 2.46. The molecule has 1 aromatic rings. The van der Waals surface area contributed by atoms with Crippen LogP contribution in [-0.4, -0.2) is 56.6 Å². The number of carbonyl (C=O) groups is 1. The van der Waals surface area contributed by atoms with Gasteiger partial charge >= 0.3 is 5.97 Å². The fourth-order valence-corrected chi connectivity index (χ4v) is 4.83. The van der Waals surface area contributed by atoms with Crippen LogP contribution in [0.1, 0.15) is 26.2 Å². The highest BCUT2D eigenvalue weighted by molar-refractivity contribution is 7.91. The van der Waals surface area contributed by atoms with Crippen LogP contribution in [0.3, 0.4) is 0 Å². The van der Waals surface area contributed by atoms with E-state index in [1.807, 2.05) is 6.92 Å². The number of carboxylic acids is 1. The molecule has 6 nitrogen and oxygen atoms in total. The lowest BCUT2D eigenvalue weighted by molar-refractivity contribution is -0.154. The van der Waals surface area contributed by atoms with Crippen molar-refractivity contribution >= 4 is 15.8 Å². The van der Waals surface area contributed by atoms with Crippen molar-refractivity contribution in [2.75, 3.05) is 26.7 Å². The summed E-state index contributed by atoms with van der Waals surface area (Å²) >= 11 is 0. The van der Waals surface area contributed by atoms with Crippen molar-refractivity contribution in [2.24, 2.45) is 5.41 Å². The molecule has 0 bridgehead atoms. The molecule has 1 aliphatic heterocycles. The molecular formula is C17H24FNO5S. The van der Waals surface area contributed by atoms with Crippen LogP contribution >= 0.6 is 0 Å². The number of likely N-dealkylation sites (tertiary alicyclic amines) is 1. The fraction of sp³-hybridized carbons (Fsp3) is 0.588. The highest BCUT2D eigenvalue weighted by atomic mass is 32.2. The Morgan fingerprint density at radius 1 is 1.32 bits per heavy atom. The molecule has 25 heavy (non-hydrogen) atoms. The Morgan fingerprint density at radius 2 is 1.88 bits per heavy atom. The minimum atomic E-state index is -3.92. The van der Waals surface area contributed by atoms with Crippen molar-refractivity contribution in [3.8, 4) is 0 Å². The number of piperidine rings is 1. The van der Waals surface area contributed by atoms with Crippen molar-refractivity contribution in [2.45, 2.75) is 36.5 Å². The standard InChI is InChI=1S/C17H24FNO5S/c1-3-19-10-8-17(9-11-19,16(20)21)12-15(24-2)25(22,23)14-6-4-13(18)5-7-14/h4-7,15H,3,8-12H2,1-2H3,(H,20,21). The summed E-state index contributed by atoms with van der Waals surface area (Å²) in [6, 6.07) is 4.46. The number of benzene rings is 1. The molecule has 0 spiro atoms. The maximum Gasteiger partial charge on any atom is 0.309 e. The summed E-state index contributed by atoms with van der Waals surface area (Å²) in [6.45, 7) is 4.05. The van der Waals surface area contributed by atoms with E-state index in [0.717, 1.165) is 18.7 Å². The van der Waals surface area contributed by atoms with Gasteiger partial charge in [-0.2, -0.15) is 0 Å². The summed E-state index contributed by atoms with van der Waals surface area (Å²) in [5, 5.41) is 9.75. The summed E-state index contributed by atoms with van der Waals surface area (Å²) in [4.78, 5) is 14.0. The first-order valence-corrected chi connectivity index (χ1v) is 9.78. The second-order valence-electron chi connectivity index (χ2n) is 6.39. The number of aliphatic carboxylic acids is 1. The average Bonchev–Trinajstić information content (AvgIpc) is 2.60. The van der Waals surface area contributed by atoms with E-state index in [0.29, 0.717) is 25.9 Å². The molecule has 1 saturated heterocycles. The van der Waals surface area contributed by atoms with Crippen LogP contribution in [0.2, 0.25) is 0 Å². The van der Waals surface area contributed by atoms with E-state index < -0.39 is 32.5 Å². The number of halogens is 1. The summed E-state index contributed by atoms with van der Waals surface area (Å²) in [5.74, 6) is -1.54. The monoisotopic (exact) mass is 373 g/mol. The summed E-state index contributed by atoms with van der Waals surface area (Å²) in [5.41, 5.74) is -2.43. The quantitative estimate of drug-likeness (QED) is 0.738. The van der Waals surface area contributed by atoms with E-state index in [4.69, 9.17) is 4.74 Å². The molecule has 140 valence electrons. The zero-order valence-electron chi connectivity index (χ0n) is 14.4. The van der Waals surface area contributed by atoms with Gasteiger partial charge in [0, 0.05) is 13.5 Å². The molecule has 1 fully saturated rings. The number of rotatable bonds is 7. The molecule has 1 heterocycles. The molecule has 1 N–H and O–H groups in total. The number of hydrogen-bond acceptors (Lipinski definition) is 5. The maximum absolute atomic E-state index is 13.1. The van der Waals surface area contributed by atoms with Gasteiger partial charge in [0.2, 0.25) is 9.84 Å². The Labute approximate surface area is 147 Å². The molecule has 2 rings (SSSR count). The molecule has 0 aliphatic carbocycles. The Kier molecular flexibility index (Phi) is 6.18. The van der Waals surface area contributed by atoms with Crippen LogP contribution in [0.4, 0.5) is 4.39 Å². The first-order chi connectivity index (χ1) is 11.7. The number of ether oxygens (including phenoxy) is 1. The van der Waals surface area contributed by atoms with Gasteiger partial charge in [-0.3, -0.25) is 4.79 Å². The number of methoxy groups -OCH3 is 1.